The van der Waals surface area contributed by atoms with Crippen molar-refractivity contribution in [2.45, 2.75) is 12.5 Å². The number of aromatic nitrogens is 4. The van der Waals surface area contributed by atoms with E-state index >= 15 is 0 Å². The van der Waals surface area contributed by atoms with Crippen molar-refractivity contribution in [3.63, 3.8) is 0 Å². The number of anilines is 4. The van der Waals surface area contributed by atoms with Gasteiger partial charge < -0.3 is 29.7 Å². The highest BCUT2D eigenvalue weighted by Crippen LogP contribution is 2.39. The number of nitrogens with one attached hydrogen (secondary N) is 2. The molecule has 1 amide bonds. The molecule has 0 spiro atoms. The maximum atomic E-state index is 13.7. The predicted molar refractivity (Wildman–Crippen MR) is 151 cm³/mol. The van der Waals surface area contributed by atoms with Crippen molar-refractivity contribution in [2.24, 2.45) is 7.05 Å². The maximum absolute atomic E-state index is 13.7. The first kappa shape index (κ1) is 26.1. The number of hydrogen-bond donors (Lipinski definition) is 2. The van der Waals surface area contributed by atoms with Crippen molar-refractivity contribution in [3.05, 3.63) is 61.1 Å². The van der Waals surface area contributed by atoms with E-state index in [4.69, 9.17) is 4.74 Å². The number of imidazole rings is 1. The van der Waals surface area contributed by atoms with E-state index < -0.39 is 0 Å². The SMILES string of the molecule is C=CC(=O)Nc1cc(Nc2nccc(-c3nc4cc(F)ccc4n3C)n2)c(OC)cc1N1CC[C@H](N(C)C)C1. The van der Waals surface area contributed by atoms with Gasteiger partial charge >= 0.3 is 0 Å². The molecule has 2 N–H and O–H groups in total. The summed E-state index contributed by atoms with van der Waals surface area (Å²) in [6, 6.07) is 10.4. The van der Waals surface area contributed by atoms with Crippen LogP contribution in [0.1, 0.15) is 6.42 Å². The van der Waals surface area contributed by atoms with Gasteiger partial charge in [-0.25, -0.2) is 19.3 Å². The van der Waals surface area contributed by atoms with Crippen LogP contribution < -0.4 is 20.3 Å². The Labute approximate surface area is 226 Å². The zero-order chi connectivity index (χ0) is 27.7. The summed E-state index contributed by atoms with van der Waals surface area (Å²) in [5.74, 6) is 0.797. The number of carbonyl (C=O) groups is 1. The molecule has 202 valence electrons. The smallest absolute Gasteiger partial charge is 0.247 e. The van der Waals surface area contributed by atoms with Crippen LogP contribution in [0.25, 0.3) is 22.6 Å². The second-order valence-electron chi connectivity index (χ2n) is 9.63. The highest BCUT2D eigenvalue weighted by Gasteiger charge is 2.27. The number of halogens is 1. The highest BCUT2D eigenvalue weighted by atomic mass is 19.1. The molecule has 39 heavy (non-hydrogen) atoms. The van der Waals surface area contributed by atoms with E-state index in [1.54, 1.807) is 25.4 Å². The van der Waals surface area contributed by atoms with Gasteiger partial charge in [-0.3, -0.25) is 4.79 Å². The Hall–Kier alpha value is -4.51. The minimum absolute atomic E-state index is 0.312. The summed E-state index contributed by atoms with van der Waals surface area (Å²) < 4.78 is 21.3. The van der Waals surface area contributed by atoms with Crippen LogP contribution >= 0.6 is 0 Å². The van der Waals surface area contributed by atoms with Crippen LogP contribution in [0.3, 0.4) is 0 Å². The lowest BCUT2D eigenvalue weighted by Gasteiger charge is -2.25. The summed E-state index contributed by atoms with van der Waals surface area (Å²) in [5, 5.41) is 6.15. The number of amides is 1. The molecule has 0 unspecified atom stereocenters. The van der Waals surface area contributed by atoms with E-state index in [1.807, 2.05) is 23.7 Å². The molecule has 1 saturated heterocycles. The first-order valence-electron chi connectivity index (χ1n) is 12.6. The molecule has 1 aliphatic heterocycles. The summed E-state index contributed by atoms with van der Waals surface area (Å²) >= 11 is 0. The molecule has 2 aromatic heterocycles. The van der Waals surface area contributed by atoms with Crippen LogP contribution in [-0.4, -0.2) is 70.7 Å². The Kier molecular flexibility index (Phi) is 7.16. The molecule has 1 atom stereocenters. The average molecular weight is 531 g/mol. The van der Waals surface area contributed by atoms with Gasteiger partial charge in [-0.05, 0) is 50.9 Å². The third-order valence-electron chi connectivity index (χ3n) is 6.97. The molecular weight excluding hydrogens is 499 g/mol. The van der Waals surface area contributed by atoms with Gasteiger partial charge in [-0.2, -0.15) is 0 Å². The van der Waals surface area contributed by atoms with Crippen LogP contribution in [0, 0.1) is 5.82 Å². The molecule has 11 heteroatoms. The Morgan fingerprint density at radius 2 is 2.03 bits per heavy atom. The number of ether oxygens (including phenoxy) is 1. The van der Waals surface area contributed by atoms with Crippen molar-refractivity contribution in [3.8, 4) is 17.3 Å². The van der Waals surface area contributed by atoms with Gasteiger partial charge in [-0.15, -0.1) is 0 Å². The Balaban J connectivity index is 1.50. The van der Waals surface area contributed by atoms with E-state index in [9.17, 15) is 9.18 Å². The molecule has 0 aliphatic carbocycles. The summed E-state index contributed by atoms with van der Waals surface area (Å²) in [6.45, 7) is 5.26. The van der Waals surface area contributed by atoms with E-state index in [0.717, 1.165) is 30.7 Å². The van der Waals surface area contributed by atoms with Crippen LogP contribution in [0.2, 0.25) is 0 Å². The predicted octanol–water partition coefficient (Wildman–Crippen LogP) is 4.19. The van der Waals surface area contributed by atoms with Gasteiger partial charge in [0.2, 0.25) is 11.9 Å². The molecule has 0 saturated carbocycles. The quantitative estimate of drug-likeness (QED) is 0.327. The lowest BCUT2D eigenvalue weighted by atomic mass is 10.2. The number of likely N-dealkylation sites (N-methyl/N-ethyl adjacent to an activating group) is 1. The number of methoxy groups -OCH3 is 1. The molecule has 0 bridgehead atoms. The van der Waals surface area contributed by atoms with E-state index in [0.29, 0.717) is 46.1 Å². The second kappa shape index (κ2) is 10.7. The van der Waals surface area contributed by atoms with E-state index in [1.165, 1.54) is 18.2 Å². The molecule has 0 radical (unpaired) electrons. The van der Waals surface area contributed by atoms with Crippen molar-refractivity contribution >= 4 is 40.0 Å². The number of aryl methyl sites for hydroxylation is 1. The standard InChI is InChI=1S/C28H31FN8O2/c1-6-26(38)31-21-14-22(25(39-5)15-24(21)37-12-10-18(16-37)35(2)3)34-28-30-11-9-19(33-28)27-32-20-13-17(29)7-8-23(20)36(27)4/h6-9,11,13-15,18H,1,10,12,16H2,2-5H3,(H,31,38)(H,30,33,34)/t18-/m0/s1. The molecular formula is C28H31FN8O2. The lowest BCUT2D eigenvalue weighted by molar-refractivity contribution is -0.111. The minimum Gasteiger partial charge on any atom is -0.494 e. The van der Waals surface area contributed by atoms with Gasteiger partial charge in [0.15, 0.2) is 5.82 Å². The number of hydrogen-bond acceptors (Lipinski definition) is 8. The van der Waals surface area contributed by atoms with Crippen LogP contribution in [0.5, 0.6) is 5.75 Å². The molecule has 4 aromatic rings. The van der Waals surface area contributed by atoms with E-state index in [-0.39, 0.29) is 11.7 Å². The van der Waals surface area contributed by atoms with Gasteiger partial charge in [0.05, 0.1) is 35.2 Å². The first-order valence-corrected chi connectivity index (χ1v) is 12.6. The van der Waals surface area contributed by atoms with Gasteiger partial charge in [-0.1, -0.05) is 6.58 Å². The van der Waals surface area contributed by atoms with Gasteiger partial charge in [0, 0.05) is 44.5 Å². The average Bonchev–Trinajstić information content (AvgIpc) is 3.54. The summed E-state index contributed by atoms with van der Waals surface area (Å²) in [5.41, 5.74) is 3.95. The van der Waals surface area contributed by atoms with Gasteiger partial charge in [0.25, 0.3) is 0 Å². The molecule has 1 fully saturated rings. The maximum Gasteiger partial charge on any atom is 0.247 e. The molecule has 10 nitrogen and oxygen atoms in total. The molecule has 1 aliphatic rings. The normalized spacial score (nSPS) is 15.1. The molecule has 2 aromatic carbocycles. The fraction of sp³-hybridized carbons (Fsp3) is 0.286. The van der Waals surface area contributed by atoms with E-state index in [2.05, 4.69) is 56.1 Å². The molecule has 3 heterocycles. The van der Waals surface area contributed by atoms with Crippen molar-refractivity contribution in [2.75, 3.05) is 49.8 Å². The zero-order valence-corrected chi connectivity index (χ0v) is 22.4. The number of fused-ring (bicyclic) bond motifs is 1. The van der Waals surface area contributed by atoms with Crippen molar-refractivity contribution in [1.29, 1.82) is 0 Å². The highest BCUT2D eigenvalue weighted by molar-refractivity contribution is 6.02. The Bertz CT molecular complexity index is 1550. The number of benzene rings is 2. The van der Waals surface area contributed by atoms with Crippen LogP contribution in [0.4, 0.5) is 27.4 Å². The number of nitrogens with zero attached hydrogens (tertiary/aromatic N) is 6. The Morgan fingerprint density at radius 3 is 2.74 bits per heavy atom. The Morgan fingerprint density at radius 1 is 1.21 bits per heavy atom. The topological polar surface area (TPSA) is 100 Å². The fourth-order valence-corrected chi connectivity index (χ4v) is 4.83. The number of carbonyl (C=O) groups excluding carboxylic acids is 1. The van der Waals surface area contributed by atoms with Crippen molar-refractivity contribution in [1.82, 2.24) is 24.4 Å². The largest absolute Gasteiger partial charge is 0.494 e. The summed E-state index contributed by atoms with van der Waals surface area (Å²) in [7, 11) is 7.59. The zero-order valence-electron chi connectivity index (χ0n) is 22.4. The third kappa shape index (κ3) is 5.26. The number of rotatable bonds is 8. The van der Waals surface area contributed by atoms with Crippen LogP contribution in [-0.2, 0) is 11.8 Å². The second-order valence-corrected chi connectivity index (χ2v) is 9.63. The fourth-order valence-electron chi connectivity index (χ4n) is 4.83. The van der Waals surface area contributed by atoms with Gasteiger partial charge in [0.1, 0.15) is 17.3 Å². The summed E-state index contributed by atoms with van der Waals surface area (Å²) in [4.78, 5) is 30.4. The first-order chi connectivity index (χ1) is 18.8. The third-order valence-corrected chi connectivity index (χ3v) is 6.97. The van der Waals surface area contributed by atoms with Crippen LogP contribution in [0.15, 0.2) is 55.3 Å². The monoisotopic (exact) mass is 530 g/mol. The molecule has 5 rings (SSSR count). The lowest BCUT2D eigenvalue weighted by Crippen LogP contribution is -2.31. The minimum atomic E-state index is -0.349. The van der Waals surface area contributed by atoms with Crippen molar-refractivity contribution < 1.29 is 13.9 Å². The summed E-state index contributed by atoms with van der Waals surface area (Å²) in [6.07, 6.45) is 3.88.